The number of hydrogen-bond acceptors (Lipinski definition) is 3. The van der Waals surface area contributed by atoms with Crippen molar-refractivity contribution in [1.82, 2.24) is 0 Å². The fourth-order valence-electron chi connectivity index (χ4n) is 3.94. The van der Waals surface area contributed by atoms with E-state index >= 15 is 0 Å². The number of hydrogen-bond donors (Lipinski definition) is 1. The van der Waals surface area contributed by atoms with Crippen molar-refractivity contribution >= 4 is 5.97 Å². The van der Waals surface area contributed by atoms with Gasteiger partial charge in [0, 0.05) is 0 Å². The van der Waals surface area contributed by atoms with Crippen LogP contribution in [0.4, 0.5) is 0 Å². The highest BCUT2D eigenvalue weighted by Crippen LogP contribution is 2.34. The highest BCUT2D eigenvalue weighted by Gasteiger charge is 2.36. The molecule has 0 aromatic carbocycles. The average Bonchev–Trinajstić information content (AvgIpc) is 2.63. The second-order valence-corrected chi connectivity index (χ2v) is 8.13. The first-order chi connectivity index (χ1) is 12.0. The van der Waals surface area contributed by atoms with Crippen molar-refractivity contribution in [3.8, 4) is 0 Å². The van der Waals surface area contributed by atoms with Crippen LogP contribution in [-0.4, -0.2) is 55.0 Å². The first kappa shape index (κ1) is 22.4. The minimum Gasteiger partial charge on any atom is -0.459 e. The maximum atomic E-state index is 12.8. The zero-order valence-corrected chi connectivity index (χ0v) is 17.1. The zero-order chi connectivity index (χ0) is 18.7. The number of unbranched alkanes of at least 4 members (excludes halogenated alkanes) is 2. The number of quaternary nitrogens is 1. The van der Waals surface area contributed by atoms with Crippen LogP contribution in [0.15, 0.2) is 0 Å². The van der Waals surface area contributed by atoms with Crippen molar-refractivity contribution in [2.75, 3.05) is 33.3 Å². The van der Waals surface area contributed by atoms with Gasteiger partial charge in [-0.3, -0.25) is 4.79 Å². The molecule has 148 valence electrons. The summed E-state index contributed by atoms with van der Waals surface area (Å²) in [5.74, 6) is -0.176. The van der Waals surface area contributed by atoms with Crippen LogP contribution in [0, 0.1) is 11.8 Å². The molecule has 1 saturated carbocycles. The summed E-state index contributed by atoms with van der Waals surface area (Å²) in [5, 5.41) is 10.7. The lowest BCUT2D eigenvalue weighted by molar-refractivity contribution is -0.906. The van der Waals surface area contributed by atoms with E-state index in [2.05, 4.69) is 27.8 Å². The Morgan fingerprint density at radius 2 is 1.76 bits per heavy atom. The number of esters is 1. The van der Waals surface area contributed by atoms with Gasteiger partial charge in [-0.15, -0.1) is 0 Å². The molecule has 25 heavy (non-hydrogen) atoms. The standard InChI is InChI=1S/C21H42NO3/c1-5-8-10-15-19(23)20(18-13-11-9-12-14-18)21(24)25-17-16-22(4,6-2)7-3/h18-20,23H,5-17H2,1-4H3/q+1. The Balaban J connectivity index is 2.61. The van der Waals surface area contributed by atoms with Crippen molar-refractivity contribution in [3.05, 3.63) is 0 Å². The van der Waals surface area contributed by atoms with Crippen LogP contribution in [0.3, 0.4) is 0 Å². The fraction of sp³-hybridized carbons (Fsp3) is 0.952. The zero-order valence-electron chi connectivity index (χ0n) is 17.1. The van der Waals surface area contributed by atoms with E-state index in [4.69, 9.17) is 4.74 Å². The second-order valence-electron chi connectivity index (χ2n) is 8.13. The van der Waals surface area contributed by atoms with E-state index in [1.165, 1.54) is 19.3 Å². The summed E-state index contributed by atoms with van der Waals surface area (Å²) in [6.45, 7) is 9.90. The topological polar surface area (TPSA) is 46.5 Å². The molecule has 0 heterocycles. The molecule has 1 aliphatic carbocycles. The van der Waals surface area contributed by atoms with E-state index < -0.39 is 6.10 Å². The number of ether oxygens (including phenoxy) is 1. The van der Waals surface area contributed by atoms with E-state index in [1.807, 2.05) is 0 Å². The molecule has 0 spiro atoms. The molecule has 0 saturated heterocycles. The van der Waals surface area contributed by atoms with Crippen molar-refractivity contribution in [2.45, 2.75) is 84.7 Å². The Hall–Kier alpha value is -0.610. The van der Waals surface area contributed by atoms with Crippen molar-refractivity contribution in [3.63, 3.8) is 0 Å². The molecule has 0 aliphatic heterocycles. The molecule has 0 amide bonds. The highest BCUT2D eigenvalue weighted by atomic mass is 16.5. The average molecular weight is 357 g/mol. The van der Waals surface area contributed by atoms with Gasteiger partial charge in [0.2, 0.25) is 0 Å². The van der Waals surface area contributed by atoms with Gasteiger partial charge in [-0.25, -0.2) is 0 Å². The quantitative estimate of drug-likeness (QED) is 0.324. The molecular formula is C21H42NO3+. The van der Waals surface area contributed by atoms with Crippen molar-refractivity contribution < 1.29 is 19.1 Å². The minimum atomic E-state index is -0.541. The SMILES string of the molecule is CCCCCC(O)C(C(=O)OCC[N+](C)(CC)CC)C1CCCCC1. The normalized spacial score (nSPS) is 18.8. The summed E-state index contributed by atoms with van der Waals surface area (Å²) in [5.41, 5.74) is 0. The lowest BCUT2D eigenvalue weighted by Crippen LogP contribution is -2.46. The predicted octanol–water partition coefficient (Wildman–Crippen LogP) is 4.15. The predicted molar refractivity (Wildman–Crippen MR) is 103 cm³/mol. The van der Waals surface area contributed by atoms with E-state index in [0.717, 1.165) is 62.6 Å². The summed E-state index contributed by atoms with van der Waals surface area (Å²) in [4.78, 5) is 12.8. The Morgan fingerprint density at radius 3 is 2.32 bits per heavy atom. The Bertz CT molecular complexity index is 362. The van der Waals surface area contributed by atoms with E-state index in [1.54, 1.807) is 0 Å². The van der Waals surface area contributed by atoms with Crippen LogP contribution < -0.4 is 0 Å². The molecule has 4 heteroatoms. The van der Waals surface area contributed by atoms with Gasteiger partial charge >= 0.3 is 5.97 Å². The lowest BCUT2D eigenvalue weighted by Gasteiger charge is -2.34. The molecule has 0 aromatic heterocycles. The molecule has 0 aromatic rings. The van der Waals surface area contributed by atoms with Gasteiger partial charge in [-0.2, -0.15) is 0 Å². The van der Waals surface area contributed by atoms with E-state index in [9.17, 15) is 9.90 Å². The van der Waals surface area contributed by atoms with Crippen molar-refractivity contribution in [1.29, 1.82) is 0 Å². The summed E-state index contributed by atoms with van der Waals surface area (Å²) < 4.78 is 6.59. The minimum absolute atomic E-state index is 0.158. The number of likely N-dealkylation sites (N-methyl/N-ethyl adjacent to an activating group) is 1. The molecule has 2 unspecified atom stereocenters. The van der Waals surface area contributed by atoms with Gasteiger partial charge in [0.15, 0.2) is 0 Å². The Kier molecular flexibility index (Phi) is 10.7. The molecule has 4 nitrogen and oxygen atoms in total. The number of rotatable bonds is 12. The first-order valence-corrected chi connectivity index (χ1v) is 10.7. The number of carbonyl (C=O) groups excluding carboxylic acids is 1. The molecule has 1 fully saturated rings. The van der Waals surface area contributed by atoms with Gasteiger partial charge in [-0.1, -0.05) is 45.4 Å². The van der Waals surface area contributed by atoms with Crippen molar-refractivity contribution in [2.24, 2.45) is 11.8 Å². The molecule has 1 N–H and O–H groups in total. The van der Waals surface area contributed by atoms with Crippen LogP contribution in [0.1, 0.15) is 78.6 Å². The largest absolute Gasteiger partial charge is 0.459 e. The number of nitrogens with zero attached hydrogens (tertiary/aromatic N) is 1. The van der Waals surface area contributed by atoms with Crippen LogP contribution in [0.25, 0.3) is 0 Å². The number of carbonyl (C=O) groups is 1. The van der Waals surface area contributed by atoms with Crippen LogP contribution >= 0.6 is 0 Å². The van der Waals surface area contributed by atoms with Gasteiger partial charge in [0.1, 0.15) is 13.2 Å². The number of aliphatic hydroxyl groups is 1. The Labute approximate surface area is 155 Å². The second kappa shape index (κ2) is 11.9. The molecule has 2 atom stereocenters. The summed E-state index contributed by atoms with van der Waals surface area (Å²) >= 11 is 0. The molecule has 0 bridgehead atoms. The van der Waals surface area contributed by atoms with Crippen LogP contribution in [0.5, 0.6) is 0 Å². The van der Waals surface area contributed by atoms with E-state index in [-0.39, 0.29) is 11.9 Å². The Morgan fingerprint density at radius 1 is 1.12 bits per heavy atom. The summed E-state index contributed by atoms with van der Waals surface area (Å²) in [6, 6.07) is 0. The van der Waals surface area contributed by atoms with Gasteiger partial charge < -0.3 is 14.3 Å². The van der Waals surface area contributed by atoms with E-state index in [0.29, 0.717) is 12.5 Å². The summed E-state index contributed by atoms with van der Waals surface area (Å²) in [7, 11) is 2.20. The molecule has 1 rings (SSSR count). The molecular weight excluding hydrogens is 314 g/mol. The van der Waals surface area contributed by atoms with Gasteiger partial charge in [-0.05, 0) is 39.0 Å². The van der Waals surface area contributed by atoms with Crippen LogP contribution in [0.2, 0.25) is 0 Å². The molecule has 1 aliphatic rings. The maximum absolute atomic E-state index is 12.8. The van der Waals surface area contributed by atoms with Gasteiger partial charge in [0.05, 0.1) is 32.2 Å². The third-order valence-electron chi connectivity index (χ3n) is 6.35. The van der Waals surface area contributed by atoms with Crippen LogP contribution in [-0.2, 0) is 9.53 Å². The van der Waals surface area contributed by atoms with Gasteiger partial charge in [0.25, 0.3) is 0 Å². The first-order valence-electron chi connectivity index (χ1n) is 10.7. The maximum Gasteiger partial charge on any atom is 0.312 e. The third-order valence-corrected chi connectivity index (χ3v) is 6.35. The smallest absolute Gasteiger partial charge is 0.312 e. The highest BCUT2D eigenvalue weighted by molar-refractivity contribution is 5.73. The monoisotopic (exact) mass is 356 g/mol. The number of aliphatic hydroxyl groups excluding tert-OH is 1. The fourth-order valence-corrected chi connectivity index (χ4v) is 3.94. The third kappa shape index (κ3) is 7.65. The lowest BCUT2D eigenvalue weighted by atomic mass is 9.76. The molecule has 0 radical (unpaired) electrons. The summed E-state index contributed by atoms with van der Waals surface area (Å²) in [6.07, 6.45) is 9.16.